The number of nitrogens with one attached hydrogen (secondary N) is 1. The number of para-hydroxylation sites is 1. The van der Waals surface area contributed by atoms with E-state index in [9.17, 15) is 0 Å². The Morgan fingerprint density at radius 3 is 2.67 bits per heavy atom. The molecular formula is C21H27N3. The van der Waals surface area contributed by atoms with Crippen LogP contribution in [0.4, 0.5) is 0 Å². The van der Waals surface area contributed by atoms with Gasteiger partial charge in [-0.15, -0.1) is 0 Å². The number of rotatable bonds is 8. The molecule has 0 aliphatic heterocycles. The number of aromatic amines is 1. The second-order valence-corrected chi connectivity index (χ2v) is 6.44. The number of hydrogen-bond acceptors (Lipinski definition) is 2. The lowest BCUT2D eigenvalue weighted by molar-refractivity contribution is 0.624. The maximum atomic E-state index is 4.83. The Bertz CT molecular complexity index is 789. The zero-order valence-corrected chi connectivity index (χ0v) is 14.8. The van der Waals surface area contributed by atoms with Gasteiger partial charge in [0.1, 0.15) is 5.82 Å². The topological polar surface area (TPSA) is 41.6 Å². The van der Waals surface area contributed by atoms with Gasteiger partial charge >= 0.3 is 0 Å². The highest BCUT2D eigenvalue weighted by Gasteiger charge is 2.10. The van der Waals surface area contributed by atoms with Crippen LogP contribution in [-0.2, 0) is 12.8 Å². The number of H-pyrrole nitrogens is 1. The maximum Gasteiger partial charge on any atom is 0.106 e. The third kappa shape index (κ3) is 3.84. The van der Waals surface area contributed by atoms with E-state index in [0.717, 1.165) is 35.6 Å². The van der Waals surface area contributed by atoms with E-state index in [1.807, 2.05) is 12.3 Å². The minimum Gasteiger partial charge on any atom is -0.342 e. The van der Waals surface area contributed by atoms with Crippen LogP contribution in [-0.4, -0.2) is 15.0 Å². The molecule has 3 rings (SSSR count). The molecule has 0 aliphatic carbocycles. The molecule has 1 N–H and O–H groups in total. The predicted molar refractivity (Wildman–Crippen MR) is 101 cm³/mol. The van der Waals surface area contributed by atoms with E-state index in [1.54, 1.807) is 0 Å². The molecule has 2 heterocycles. The Balaban J connectivity index is 1.78. The first-order valence-corrected chi connectivity index (χ1v) is 9.24. The molecule has 0 atom stereocenters. The number of aryl methyl sites for hydroxylation is 2. The summed E-state index contributed by atoms with van der Waals surface area (Å²) in [4.78, 5) is 12.9. The Morgan fingerprint density at radius 2 is 1.83 bits per heavy atom. The van der Waals surface area contributed by atoms with Gasteiger partial charge in [0, 0.05) is 17.4 Å². The molecule has 3 heteroatoms. The highest BCUT2D eigenvalue weighted by atomic mass is 14.9. The smallest absolute Gasteiger partial charge is 0.106 e. The summed E-state index contributed by atoms with van der Waals surface area (Å²) in [5.74, 6) is 1.09. The lowest BCUT2D eigenvalue weighted by Crippen LogP contribution is -1.94. The minimum absolute atomic E-state index is 0.922. The van der Waals surface area contributed by atoms with E-state index >= 15 is 0 Å². The van der Waals surface area contributed by atoms with Crippen molar-refractivity contribution in [2.75, 3.05) is 0 Å². The Morgan fingerprint density at radius 1 is 1.00 bits per heavy atom. The second-order valence-electron chi connectivity index (χ2n) is 6.44. The van der Waals surface area contributed by atoms with Gasteiger partial charge in [-0.25, -0.2) is 4.98 Å². The van der Waals surface area contributed by atoms with Crippen LogP contribution in [0.15, 0.2) is 36.5 Å². The average Bonchev–Trinajstić information content (AvgIpc) is 3.09. The van der Waals surface area contributed by atoms with Crippen LogP contribution in [0.2, 0.25) is 0 Å². The molecule has 3 nitrogen and oxygen atoms in total. The van der Waals surface area contributed by atoms with Crippen LogP contribution in [0.1, 0.15) is 57.5 Å². The zero-order chi connectivity index (χ0) is 16.8. The fourth-order valence-electron chi connectivity index (χ4n) is 3.18. The first kappa shape index (κ1) is 16.7. The fraction of sp³-hybridized carbons (Fsp3) is 0.429. The van der Waals surface area contributed by atoms with Crippen molar-refractivity contribution in [3.8, 4) is 11.3 Å². The number of unbranched alkanes of at least 4 members (excludes halogenated alkanes) is 4. The standard InChI is InChI=1S/C21H27N3/c1-3-5-6-7-8-13-21-22-15-20(24-21)17-14-16-11-9-10-12-19(16)23-18(17)4-2/h9-12,14-15H,3-8,13H2,1-2H3,(H,22,24). The van der Waals surface area contributed by atoms with Gasteiger partial charge in [0.25, 0.3) is 0 Å². The summed E-state index contributed by atoms with van der Waals surface area (Å²) in [5.41, 5.74) is 4.47. The molecule has 0 unspecified atom stereocenters. The normalized spacial score (nSPS) is 11.2. The number of fused-ring (bicyclic) bond motifs is 1. The minimum atomic E-state index is 0.922. The van der Waals surface area contributed by atoms with Gasteiger partial charge in [0.15, 0.2) is 0 Å². The highest BCUT2D eigenvalue weighted by molar-refractivity contribution is 5.84. The number of pyridine rings is 1. The molecule has 0 fully saturated rings. The molecule has 0 spiro atoms. The lowest BCUT2D eigenvalue weighted by Gasteiger charge is -2.07. The summed E-state index contributed by atoms with van der Waals surface area (Å²) in [6.07, 6.45) is 10.4. The number of aromatic nitrogens is 3. The molecule has 0 bridgehead atoms. The molecule has 0 saturated heterocycles. The number of benzene rings is 1. The third-order valence-corrected chi connectivity index (χ3v) is 4.57. The van der Waals surface area contributed by atoms with Crippen molar-refractivity contribution >= 4 is 10.9 Å². The quantitative estimate of drug-likeness (QED) is 0.541. The zero-order valence-electron chi connectivity index (χ0n) is 14.8. The van der Waals surface area contributed by atoms with Gasteiger partial charge in [0.05, 0.1) is 23.1 Å². The van der Waals surface area contributed by atoms with Crippen LogP contribution >= 0.6 is 0 Å². The number of hydrogen-bond donors (Lipinski definition) is 1. The first-order valence-electron chi connectivity index (χ1n) is 9.24. The van der Waals surface area contributed by atoms with Gasteiger partial charge in [-0.05, 0) is 25.0 Å². The second kappa shape index (κ2) is 8.09. The van der Waals surface area contributed by atoms with Gasteiger partial charge in [0.2, 0.25) is 0 Å². The molecule has 3 aromatic rings. The first-order chi connectivity index (χ1) is 11.8. The average molecular weight is 321 g/mol. The third-order valence-electron chi connectivity index (χ3n) is 4.57. The molecule has 126 valence electrons. The molecule has 0 aliphatic rings. The summed E-state index contributed by atoms with van der Waals surface area (Å²) < 4.78 is 0. The van der Waals surface area contributed by atoms with Crippen molar-refractivity contribution in [3.05, 3.63) is 48.0 Å². The van der Waals surface area contributed by atoms with Crippen molar-refractivity contribution in [1.29, 1.82) is 0 Å². The monoisotopic (exact) mass is 321 g/mol. The molecule has 0 amide bonds. The molecule has 24 heavy (non-hydrogen) atoms. The SMILES string of the molecule is CCCCCCCc1ncc(-c2cc3ccccc3nc2CC)[nH]1. The van der Waals surface area contributed by atoms with Crippen LogP contribution in [0, 0.1) is 0 Å². The van der Waals surface area contributed by atoms with E-state index in [1.165, 1.54) is 43.1 Å². The summed E-state index contributed by atoms with van der Waals surface area (Å²) in [6.45, 7) is 4.41. The van der Waals surface area contributed by atoms with E-state index in [4.69, 9.17) is 4.98 Å². The molecule has 2 aromatic heterocycles. The van der Waals surface area contributed by atoms with Gasteiger partial charge < -0.3 is 4.98 Å². The van der Waals surface area contributed by atoms with Crippen molar-refractivity contribution in [3.63, 3.8) is 0 Å². The maximum absolute atomic E-state index is 4.83. The van der Waals surface area contributed by atoms with Crippen molar-refractivity contribution < 1.29 is 0 Å². The number of nitrogens with zero attached hydrogens (tertiary/aromatic N) is 2. The molecule has 0 radical (unpaired) electrons. The predicted octanol–water partition coefficient (Wildman–Crippen LogP) is 5.70. The largest absolute Gasteiger partial charge is 0.342 e. The Hall–Kier alpha value is -2.16. The highest BCUT2D eigenvalue weighted by Crippen LogP contribution is 2.26. The lowest BCUT2D eigenvalue weighted by atomic mass is 10.1. The Kier molecular flexibility index (Phi) is 5.63. The van der Waals surface area contributed by atoms with Gasteiger partial charge in [-0.3, -0.25) is 4.98 Å². The summed E-state index contributed by atoms with van der Waals surface area (Å²) >= 11 is 0. The van der Waals surface area contributed by atoms with Crippen LogP contribution in [0.25, 0.3) is 22.2 Å². The summed E-state index contributed by atoms with van der Waals surface area (Å²) in [7, 11) is 0. The number of imidazole rings is 1. The summed E-state index contributed by atoms with van der Waals surface area (Å²) in [6, 6.07) is 10.5. The van der Waals surface area contributed by atoms with Crippen LogP contribution in [0.5, 0.6) is 0 Å². The summed E-state index contributed by atoms with van der Waals surface area (Å²) in [5, 5.41) is 1.18. The van der Waals surface area contributed by atoms with E-state index < -0.39 is 0 Å². The van der Waals surface area contributed by atoms with E-state index in [-0.39, 0.29) is 0 Å². The fourth-order valence-corrected chi connectivity index (χ4v) is 3.18. The van der Waals surface area contributed by atoms with E-state index in [2.05, 4.69) is 48.1 Å². The van der Waals surface area contributed by atoms with E-state index in [0.29, 0.717) is 0 Å². The Labute approximate surface area is 144 Å². The van der Waals surface area contributed by atoms with Crippen molar-refractivity contribution in [2.45, 2.75) is 58.8 Å². The van der Waals surface area contributed by atoms with Crippen LogP contribution in [0.3, 0.4) is 0 Å². The molecular weight excluding hydrogens is 294 g/mol. The van der Waals surface area contributed by atoms with Gasteiger partial charge in [-0.2, -0.15) is 0 Å². The molecule has 0 saturated carbocycles. The van der Waals surface area contributed by atoms with Crippen molar-refractivity contribution in [1.82, 2.24) is 15.0 Å². The van der Waals surface area contributed by atoms with Crippen LogP contribution < -0.4 is 0 Å². The molecule has 1 aromatic carbocycles. The van der Waals surface area contributed by atoms with Crippen molar-refractivity contribution in [2.24, 2.45) is 0 Å². The van der Waals surface area contributed by atoms with Gasteiger partial charge in [-0.1, -0.05) is 57.7 Å².